The van der Waals surface area contributed by atoms with Crippen molar-refractivity contribution in [1.29, 1.82) is 0 Å². The number of hydrogen-bond donors (Lipinski definition) is 2. The number of anilines is 1. The van der Waals surface area contributed by atoms with Crippen LogP contribution in [0.3, 0.4) is 0 Å². The number of rotatable bonds is 5. The number of carbonyl (C=O) groups excluding carboxylic acids is 1. The van der Waals surface area contributed by atoms with Crippen molar-refractivity contribution in [2.45, 2.75) is 19.4 Å². The van der Waals surface area contributed by atoms with E-state index in [9.17, 15) is 4.79 Å². The Morgan fingerprint density at radius 2 is 1.82 bits per heavy atom. The Labute approximate surface area is 101 Å². The summed E-state index contributed by atoms with van der Waals surface area (Å²) in [7, 11) is 3.12. The van der Waals surface area contributed by atoms with Gasteiger partial charge in [0.15, 0.2) is 0 Å². The average Bonchev–Trinajstić information content (AvgIpc) is 2.27. The number of benzene rings is 1. The Morgan fingerprint density at radius 1 is 1.29 bits per heavy atom. The van der Waals surface area contributed by atoms with Gasteiger partial charge in [0.1, 0.15) is 11.5 Å². The molecule has 3 N–H and O–H groups in total. The molecule has 1 unspecified atom stereocenters. The lowest BCUT2D eigenvalue weighted by Gasteiger charge is -2.10. The minimum absolute atomic E-state index is 0.129. The molecule has 0 aliphatic rings. The quantitative estimate of drug-likeness (QED) is 0.812. The fourth-order valence-electron chi connectivity index (χ4n) is 1.38. The molecule has 0 radical (unpaired) electrons. The van der Waals surface area contributed by atoms with Crippen molar-refractivity contribution in [2.24, 2.45) is 5.73 Å². The van der Waals surface area contributed by atoms with Gasteiger partial charge in [-0.15, -0.1) is 0 Å². The van der Waals surface area contributed by atoms with Crippen LogP contribution in [-0.2, 0) is 4.79 Å². The molecule has 0 bridgehead atoms. The molecular weight excluding hydrogens is 220 g/mol. The molecule has 0 spiro atoms. The molecule has 0 heterocycles. The third kappa shape index (κ3) is 4.32. The van der Waals surface area contributed by atoms with Crippen molar-refractivity contribution in [3.8, 4) is 11.5 Å². The summed E-state index contributed by atoms with van der Waals surface area (Å²) in [4.78, 5) is 11.5. The zero-order chi connectivity index (χ0) is 12.8. The van der Waals surface area contributed by atoms with Gasteiger partial charge in [0.2, 0.25) is 5.91 Å². The number of ether oxygens (including phenoxy) is 2. The first-order valence-electron chi connectivity index (χ1n) is 5.33. The van der Waals surface area contributed by atoms with Gasteiger partial charge in [-0.3, -0.25) is 4.79 Å². The van der Waals surface area contributed by atoms with E-state index in [1.807, 2.05) is 0 Å². The number of hydrogen-bond acceptors (Lipinski definition) is 4. The highest BCUT2D eigenvalue weighted by Gasteiger charge is 2.07. The second kappa shape index (κ2) is 6.10. The van der Waals surface area contributed by atoms with Crippen LogP contribution in [-0.4, -0.2) is 26.2 Å². The summed E-state index contributed by atoms with van der Waals surface area (Å²) >= 11 is 0. The Balaban J connectivity index is 2.79. The summed E-state index contributed by atoms with van der Waals surface area (Å²) in [5, 5.41) is 2.74. The van der Waals surface area contributed by atoms with E-state index in [4.69, 9.17) is 15.2 Å². The molecule has 0 aliphatic heterocycles. The molecular formula is C12H18N2O3. The fourth-order valence-corrected chi connectivity index (χ4v) is 1.38. The Bertz CT molecular complexity index is 369. The van der Waals surface area contributed by atoms with Gasteiger partial charge in [0.05, 0.1) is 14.2 Å². The molecule has 0 aromatic heterocycles. The first-order chi connectivity index (χ1) is 8.05. The Morgan fingerprint density at radius 3 is 2.24 bits per heavy atom. The summed E-state index contributed by atoms with van der Waals surface area (Å²) in [6.07, 6.45) is 0.277. The highest BCUT2D eigenvalue weighted by Crippen LogP contribution is 2.25. The maximum atomic E-state index is 11.5. The summed E-state index contributed by atoms with van der Waals surface area (Å²) in [5.74, 6) is 1.12. The number of carbonyl (C=O) groups is 1. The van der Waals surface area contributed by atoms with Crippen LogP contribution in [0.5, 0.6) is 11.5 Å². The number of amides is 1. The highest BCUT2D eigenvalue weighted by atomic mass is 16.5. The molecule has 0 saturated heterocycles. The molecule has 17 heavy (non-hydrogen) atoms. The van der Waals surface area contributed by atoms with Gasteiger partial charge in [-0.1, -0.05) is 0 Å². The lowest BCUT2D eigenvalue weighted by molar-refractivity contribution is -0.116. The van der Waals surface area contributed by atoms with Gasteiger partial charge in [-0.2, -0.15) is 0 Å². The van der Waals surface area contributed by atoms with Gasteiger partial charge >= 0.3 is 0 Å². The van der Waals surface area contributed by atoms with Crippen LogP contribution in [0.4, 0.5) is 5.69 Å². The predicted molar refractivity (Wildman–Crippen MR) is 66.4 cm³/mol. The van der Waals surface area contributed by atoms with Crippen LogP contribution >= 0.6 is 0 Å². The van der Waals surface area contributed by atoms with Crippen molar-refractivity contribution >= 4 is 11.6 Å². The van der Waals surface area contributed by atoms with E-state index in [1.165, 1.54) is 0 Å². The van der Waals surface area contributed by atoms with Crippen molar-refractivity contribution in [3.05, 3.63) is 18.2 Å². The van der Waals surface area contributed by atoms with Crippen LogP contribution in [0, 0.1) is 0 Å². The molecule has 0 aliphatic carbocycles. The van der Waals surface area contributed by atoms with E-state index < -0.39 is 0 Å². The monoisotopic (exact) mass is 238 g/mol. The maximum Gasteiger partial charge on any atom is 0.225 e. The minimum Gasteiger partial charge on any atom is -0.497 e. The first kappa shape index (κ1) is 13.3. The van der Waals surface area contributed by atoms with Crippen LogP contribution < -0.4 is 20.5 Å². The largest absolute Gasteiger partial charge is 0.497 e. The molecule has 0 fully saturated rings. The van der Waals surface area contributed by atoms with Gasteiger partial charge in [-0.25, -0.2) is 0 Å². The molecule has 0 saturated carbocycles. The zero-order valence-corrected chi connectivity index (χ0v) is 10.3. The van der Waals surface area contributed by atoms with Gasteiger partial charge < -0.3 is 20.5 Å². The predicted octanol–water partition coefficient (Wildman–Crippen LogP) is 1.38. The van der Waals surface area contributed by atoms with Crippen molar-refractivity contribution in [2.75, 3.05) is 19.5 Å². The van der Waals surface area contributed by atoms with Gasteiger partial charge in [0, 0.05) is 36.3 Å². The van der Waals surface area contributed by atoms with E-state index in [0.29, 0.717) is 17.2 Å². The lowest BCUT2D eigenvalue weighted by Crippen LogP contribution is -2.23. The van der Waals surface area contributed by atoms with E-state index in [1.54, 1.807) is 39.3 Å². The van der Waals surface area contributed by atoms with E-state index in [0.717, 1.165) is 0 Å². The number of nitrogens with two attached hydrogens (primary N) is 1. The van der Waals surface area contributed by atoms with Crippen molar-refractivity contribution in [1.82, 2.24) is 0 Å². The summed E-state index contributed by atoms with van der Waals surface area (Å²) in [5.41, 5.74) is 6.18. The zero-order valence-electron chi connectivity index (χ0n) is 10.3. The second-order valence-corrected chi connectivity index (χ2v) is 3.83. The smallest absolute Gasteiger partial charge is 0.225 e. The Kier molecular flexibility index (Phi) is 4.78. The lowest BCUT2D eigenvalue weighted by atomic mass is 10.2. The van der Waals surface area contributed by atoms with Crippen LogP contribution in [0.2, 0.25) is 0 Å². The number of nitrogens with one attached hydrogen (secondary N) is 1. The van der Waals surface area contributed by atoms with Gasteiger partial charge in [0.25, 0.3) is 0 Å². The molecule has 1 aromatic carbocycles. The van der Waals surface area contributed by atoms with Crippen molar-refractivity contribution in [3.63, 3.8) is 0 Å². The van der Waals surface area contributed by atoms with Crippen LogP contribution in [0.25, 0.3) is 0 Å². The summed E-state index contributed by atoms with van der Waals surface area (Å²) in [6, 6.07) is 5.02. The fraction of sp³-hybridized carbons (Fsp3) is 0.417. The van der Waals surface area contributed by atoms with E-state index in [-0.39, 0.29) is 18.4 Å². The van der Waals surface area contributed by atoms with E-state index in [2.05, 4.69) is 5.32 Å². The molecule has 5 nitrogen and oxygen atoms in total. The third-order valence-corrected chi connectivity index (χ3v) is 2.14. The molecule has 1 aromatic rings. The van der Waals surface area contributed by atoms with E-state index >= 15 is 0 Å². The van der Waals surface area contributed by atoms with Crippen molar-refractivity contribution < 1.29 is 14.3 Å². The third-order valence-electron chi connectivity index (χ3n) is 2.14. The molecule has 1 rings (SSSR count). The second-order valence-electron chi connectivity index (χ2n) is 3.83. The topological polar surface area (TPSA) is 73.6 Å². The molecule has 94 valence electrons. The molecule has 1 amide bonds. The number of methoxy groups -OCH3 is 2. The first-order valence-corrected chi connectivity index (χ1v) is 5.33. The summed E-state index contributed by atoms with van der Waals surface area (Å²) in [6.45, 7) is 1.78. The minimum atomic E-state index is -0.164. The standard InChI is InChI=1S/C12H18N2O3/c1-8(13)4-12(15)14-9-5-10(16-2)7-11(6-9)17-3/h5-8H,4,13H2,1-3H3,(H,14,15). The summed E-state index contributed by atoms with van der Waals surface area (Å²) < 4.78 is 10.2. The van der Waals surface area contributed by atoms with Gasteiger partial charge in [-0.05, 0) is 6.92 Å². The van der Waals surface area contributed by atoms with Crippen LogP contribution in [0.15, 0.2) is 18.2 Å². The van der Waals surface area contributed by atoms with Crippen LogP contribution in [0.1, 0.15) is 13.3 Å². The molecule has 1 atom stereocenters. The molecule has 5 heteroatoms. The highest BCUT2D eigenvalue weighted by molar-refractivity contribution is 5.91. The average molecular weight is 238 g/mol. The Hall–Kier alpha value is -1.75. The normalized spacial score (nSPS) is 11.8. The maximum absolute atomic E-state index is 11.5. The SMILES string of the molecule is COc1cc(NC(=O)CC(C)N)cc(OC)c1.